The third-order valence-corrected chi connectivity index (χ3v) is 2.71. The molecule has 0 aliphatic carbocycles. The lowest BCUT2D eigenvalue weighted by atomic mass is 9.94. The van der Waals surface area contributed by atoms with Gasteiger partial charge in [-0.15, -0.1) is 0 Å². The molecule has 0 bridgehead atoms. The summed E-state index contributed by atoms with van der Waals surface area (Å²) in [4.78, 5) is 11.2. The van der Waals surface area contributed by atoms with Gasteiger partial charge in [0.2, 0.25) is 0 Å². The van der Waals surface area contributed by atoms with Crippen LogP contribution in [0.1, 0.15) is 29.2 Å². The van der Waals surface area contributed by atoms with Crippen LogP contribution in [0.5, 0.6) is 0 Å². The molecule has 0 fully saturated rings. The zero-order valence-electron chi connectivity index (χ0n) is 9.99. The van der Waals surface area contributed by atoms with E-state index < -0.39 is 5.97 Å². The number of nitrogens with zero attached hydrogens (tertiary/aromatic N) is 1. The summed E-state index contributed by atoms with van der Waals surface area (Å²) in [6, 6.07) is 5.63. The molecule has 1 N–H and O–H groups in total. The lowest BCUT2D eigenvalue weighted by Crippen LogP contribution is -2.09. The Kier molecular flexibility index (Phi) is 4.68. The Hall–Kier alpha value is -1.86. The van der Waals surface area contributed by atoms with Crippen molar-refractivity contribution >= 4 is 5.97 Å². The van der Waals surface area contributed by atoms with Crippen LogP contribution in [-0.4, -0.2) is 18.2 Å². The molecule has 90 valence electrons. The van der Waals surface area contributed by atoms with Crippen molar-refractivity contribution in [2.45, 2.75) is 26.4 Å². The quantitative estimate of drug-likeness (QED) is 0.796. The highest BCUT2D eigenvalue weighted by Gasteiger charge is 2.14. The van der Waals surface area contributed by atoms with Gasteiger partial charge in [-0.3, -0.25) is 4.79 Å². The Bertz CT molecular complexity index is 460. The van der Waals surface area contributed by atoms with Crippen molar-refractivity contribution in [2.24, 2.45) is 0 Å². The number of benzene rings is 1. The number of methoxy groups -OCH3 is 1. The average molecular weight is 233 g/mol. The first-order chi connectivity index (χ1) is 8.17. The molecule has 0 atom stereocenters. The third kappa shape index (κ3) is 2.83. The van der Waals surface area contributed by atoms with Crippen LogP contribution in [0.4, 0.5) is 0 Å². The molecule has 0 spiro atoms. The molecule has 4 heteroatoms. The summed E-state index contributed by atoms with van der Waals surface area (Å²) in [5.41, 5.74) is 2.52. The van der Waals surface area contributed by atoms with Gasteiger partial charge in [-0.2, -0.15) is 5.26 Å². The van der Waals surface area contributed by atoms with Crippen LogP contribution >= 0.6 is 0 Å². The number of nitriles is 1. The lowest BCUT2D eigenvalue weighted by molar-refractivity contribution is -0.139. The van der Waals surface area contributed by atoms with E-state index in [2.05, 4.69) is 10.8 Å². The van der Waals surface area contributed by atoms with Gasteiger partial charge in [-0.1, -0.05) is 19.1 Å². The first kappa shape index (κ1) is 13.2. The fraction of sp³-hybridized carbons (Fsp3) is 0.385. The fourth-order valence-electron chi connectivity index (χ4n) is 1.77. The van der Waals surface area contributed by atoms with Crippen LogP contribution in [0, 0.1) is 11.3 Å². The number of carbonyl (C=O) groups excluding carboxylic acids is 1. The summed E-state index contributed by atoms with van der Waals surface area (Å²) in [7, 11) is 1.31. The maximum absolute atomic E-state index is 11.2. The van der Waals surface area contributed by atoms with Crippen LogP contribution in [-0.2, 0) is 29.0 Å². The summed E-state index contributed by atoms with van der Waals surface area (Å²) in [5, 5.41) is 18.4. The minimum atomic E-state index is -0.394. The monoisotopic (exact) mass is 233 g/mol. The van der Waals surface area contributed by atoms with E-state index in [0.29, 0.717) is 16.7 Å². The molecule has 0 aromatic heterocycles. The lowest BCUT2D eigenvalue weighted by Gasteiger charge is -2.11. The van der Waals surface area contributed by atoms with Gasteiger partial charge in [0, 0.05) is 0 Å². The predicted molar refractivity (Wildman–Crippen MR) is 62.2 cm³/mol. The Labute approximate surface area is 100 Å². The number of rotatable bonds is 4. The van der Waals surface area contributed by atoms with Crippen molar-refractivity contribution in [1.82, 2.24) is 0 Å². The third-order valence-electron chi connectivity index (χ3n) is 2.71. The highest BCUT2D eigenvalue weighted by atomic mass is 16.5. The molecule has 0 aliphatic rings. The first-order valence-electron chi connectivity index (χ1n) is 5.39. The highest BCUT2D eigenvalue weighted by molar-refractivity contribution is 5.73. The number of hydrogen-bond donors (Lipinski definition) is 1. The molecule has 0 saturated carbocycles. The maximum Gasteiger partial charge on any atom is 0.310 e. The van der Waals surface area contributed by atoms with Gasteiger partial charge >= 0.3 is 5.97 Å². The second-order valence-electron chi connectivity index (χ2n) is 3.61. The molecule has 0 amide bonds. The van der Waals surface area contributed by atoms with Gasteiger partial charge in [0.05, 0.1) is 31.8 Å². The minimum absolute atomic E-state index is 0.0520. The molecule has 1 aromatic rings. The number of esters is 1. The minimum Gasteiger partial charge on any atom is -0.469 e. The summed E-state index contributed by atoms with van der Waals surface area (Å²) < 4.78 is 4.57. The summed E-state index contributed by atoms with van der Waals surface area (Å²) in [5.74, 6) is -0.394. The molecular formula is C13H15NO3. The first-order valence-corrected chi connectivity index (χ1v) is 5.39. The molecule has 4 nitrogen and oxygen atoms in total. The van der Waals surface area contributed by atoms with Crippen molar-refractivity contribution in [3.8, 4) is 6.07 Å². The van der Waals surface area contributed by atoms with Gasteiger partial charge < -0.3 is 9.84 Å². The van der Waals surface area contributed by atoms with Crippen LogP contribution in [0.2, 0.25) is 0 Å². The second kappa shape index (κ2) is 6.02. The number of aliphatic hydroxyl groups excluding tert-OH is 1. The Morgan fingerprint density at radius 2 is 2.12 bits per heavy atom. The molecular weight excluding hydrogens is 218 g/mol. The van der Waals surface area contributed by atoms with Gasteiger partial charge in [-0.25, -0.2) is 0 Å². The van der Waals surface area contributed by atoms with Crippen molar-refractivity contribution in [3.63, 3.8) is 0 Å². The van der Waals surface area contributed by atoms with Crippen LogP contribution in [0.25, 0.3) is 0 Å². The van der Waals surface area contributed by atoms with E-state index in [1.54, 1.807) is 6.07 Å². The topological polar surface area (TPSA) is 70.3 Å². The van der Waals surface area contributed by atoms with E-state index >= 15 is 0 Å². The van der Waals surface area contributed by atoms with Gasteiger partial charge in [0.25, 0.3) is 0 Å². The molecule has 0 heterocycles. The van der Waals surface area contributed by atoms with Crippen molar-refractivity contribution in [1.29, 1.82) is 5.26 Å². The smallest absolute Gasteiger partial charge is 0.310 e. The SMILES string of the molecule is CCc1ccc(CC(=O)OC)c(C#N)c1CO. The summed E-state index contributed by atoms with van der Waals surface area (Å²) in [6.45, 7) is 1.76. The van der Waals surface area contributed by atoms with Gasteiger partial charge in [-0.05, 0) is 23.1 Å². The van der Waals surface area contributed by atoms with E-state index in [4.69, 9.17) is 5.26 Å². The fourth-order valence-corrected chi connectivity index (χ4v) is 1.77. The zero-order chi connectivity index (χ0) is 12.8. The number of ether oxygens (including phenoxy) is 1. The molecule has 0 radical (unpaired) electrons. The second-order valence-corrected chi connectivity index (χ2v) is 3.61. The number of aryl methyl sites for hydroxylation is 1. The normalized spacial score (nSPS) is 9.76. The van der Waals surface area contributed by atoms with Crippen LogP contribution in [0.3, 0.4) is 0 Å². The maximum atomic E-state index is 11.2. The largest absolute Gasteiger partial charge is 0.469 e. The van der Waals surface area contributed by atoms with Crippen molar-refractivity contribution in [3.05, 3.63) is 34.4 Å². The van der Waals surface area contributed by atoms with E-state index in [1.807, 2.05) is 13.0 Å². The van der Waals surface area contributed by atoms with E-state index in [-0.39, 0.29) is 13.0 Å². The highest BCUT2D eigenvalue weighted by Crippen LogP contribution is 2.20. The molecule has 0 saturated heterocycles. The van der Waals surface area contributed by atoms with Gasteiger partial charge in [0.1, 0.15) is 0 Å². The summed E-state index contributed by atoms with van der Waals surface area (Å²) in [6.07, 6.45) is 0.791. The van der Waals surface area contributed by atoms with Crippen LogP contribution in [0.15, 0.2) is 12.1 Å². The standard InChI is InChI=1S/C13H15NO3/c1-3-9-4-5-10(6-13(16)17-2)11(7-14)12(9)8-15/h4-5,15H,3,6,8H2,1-2H3. The molecule has 0 aliphatic heterocycles. The Morgan fingerprint density at radius 1 is 1.47 bits per heavy atom. The number of aliphatic hydroxyl groups is 1. The Balaban J connectivity index is 3.24. The zero-order valence-corrected chi connectivity index (χ0v) is 9.99. The van der Waals surface area contributed by atoms with Crippen LogP contribution < -0.4 is 0 Å². The van der Waals surface area contributed by atoms with E-state index in [1.165, 1.54) is 7.11 Å². The van der Waals surface area contributed by atoms with Gasteiger partial charge in [0.15, 0.2) is 0 Å². The van der Waals surface area contributed by atoms with E-state index in [9.17, 15) is 9.90 Å². The Morgan fingerprint density at radius 3 is 2.59 bits per heavy atom. The molecule has 1 aromatic carbocycles. The summed E-state index contributed by atoms with van der Waals surface area (Å²) >= 11 is 0. The number of hydrogen-bond acceptors (Lipinski definition) is 4. The van der Waals surface area contributed by atoms with Crippen molar-refractivity contribution < 1.29 is 14.6 Å². The molecule has 0 unspecified atom stereocenters. The van der Waals surface area contributed by atoms with E-state index in [0.717, 1.165) is 12.0 Å². The average Bonchev–Trinajstić information content (AvgIpc) is 2.37. The predicted octanol–water partition coefficient (Wildman–Crippen LogP) is 1.33. The molecule has 17 heavy (non-hydrogen) atoms. The molecule has 1 rings (SSSR count). The number of carbonyl (C=O) groups is 1. The van der Waals surface area contributed by atoms with Crippen molar-refractivity contribution in [2.75, 3.05) is 7.11 Å².